The summed E-state index contributed by atoms with van der Waals surface area (Å²) in [7, 11) is 0. The average Bonchev–Trinajstić information content (AvgIpc) is 2.75. The molecule has 1 saturated carbocycles. The van der Waals surface area contributed by atoms with Gasteiger partial charge >= 0.3 is 5.97 Å². The number of aromatic nitrogens is 2. The van der Waals surface area contributed by atoms with Crippen LogP contribution in [0.3, 0.4) is 0 Å². The summed E-state index contributed by atoms with van der Waals surface area (Å²) >= 11 is 6.42. The molecule has 0 spiro atoms. The highest BCUT2D eigenvalue weighted by Crippen LogP contribution is 2.35. The molecule has 5 heteroatoms. The molecule has 1 fully saturated rings. The van der Waals surface area contributed by atoms with Gasteiger partial charge in [-0.25, -0.2) is 0 Å². The molecule has 0 amide bonds. The third-order valence-corrected chi connectivity index (χ3v) is 4.81. The second-order valence-electron chi connectivity index (χ2n) is 5.57. The van der Waals surface area contributed by atoms with Crippen LogP contribution in [0.15, 0.2) is 0 Å². The minimum atomic E-state index is -0.663. The number of nitrogens with zero attached hydrogens (tertiary/aromatic N) is 2. The van der Waals surface area contributed by atoms with E-state index < -0.39 is 5.97 Å². The molecular formula is C15H23ClN2O2. The van der Waals surface area contributed by atoms with Gasteiger partial charge in [-0.3, -0.25) is 9.48 Å². The van der Waals surface area contributed by atoms with Gasteiger partial charge < -0.3 is 5.11 Å². The Morgan fingerprint density at radius 2 is 2.10 bits per heavy atom. The van der Waals surface area contributed by atoms with Crippen LogP contribution >= 0.6 is 11.6 Å². The fourth-order valence-electron chi connectivity index (χ4n) is 3.24. The summed E-state index contributed by atoms with van der Waals surface area (Å²) < 4.78 is 1.94. The first-order chi connectivity index (χ1) is 9.58. The van der Waals surface area contributed by atoms with Crippen LogP contribution in [0.4, 0.5) is 0 Å². The molecule has 1 N–H and O–H groups in total. The first-order valence-corrected chi connectivity index (χ1v) is 7.93. The minimum Gasteiger partial charge on any atom is -0.481 e. The molecular weight excluding hydrogens is 276 g/mol. The maximum atomic E-state index is 11.4. The molecule has 1 aromatic heterocycles. The van der Waals surface area contributed by atoms with Gasteiger partial charge in [0.25, 0.3) is 0 Å². The van der Waals surface area contributed by atoms with Crippen LogP contribution in [0.1, 0.15) is 50.9 Å². The number of rotatable bonds is 5. The van der Waals surface area contributed by atoms with Gasteiger partial charge in [0.1, 0.15) is 0 Å². The van der Waals surface area contributed by atoms with E-state index in [0.717, 1.165) is 61.5 Å². The third kappa shape index (κ3) is 3.00. The van der Waals surface area contributed by atoms with E-state index in [4.69, 9.17) is 11.6 Å². The molecule has 2 rings (SSSR count). The monoisotopic (exact) mass is 298 g/mol. The molecule has 2 atom stereocenters. The third-order valence-electron chi connectivity index (χ3n) is 4.38. The number of hydrogen-bond acceptors (Lipinski definition) is 2. The first-order valence-electron chi connectivity index (χ1n) is 7.55. The summed E-state index contributed by atoms with van der Waals surface area (Å²) in [5.41, 5.74) is 1.94. The lowest BCUT2D eigenvalue weighted by atomic mass is 9.77. The summed E-state index contributed by atoms with van der Waals surface area (Å²) in [5, 5.41) is 14.6. The highest BCUT2D eigenvalue weighted by molar-refractivity contribution is 6.31. The van der Waals surface area contributed by atoms with E-state index in [-0.39, 0.29) is 11.8 Å². The van der Waals surface area contributed by atoms with Crippen LogP contribution in [0, 0.1) is 11.8 Å². The average molecular weight is 299 g/mol. The van der Waals surface area contributed by atoms with Crippen molar-refractivity contribution in [3.8, 4) is 0 Å². The van der Waals surface area contributed by atoms with E-state index in [1.54, 1.807) is 0 Å². The summed E-state index contributed by atoms with van der Waals surface area (Å²) in [6.45, 7) is 4.86. The predicted octanol–water partition coefficient (Wildman–Crippen LogP) is 3.55. The van der Waals surface area contributed by atoms with Crippen LogP contribution in [0.5, 0.6) is 0 Å². The molecule has 0 radical (unpaired) electrons. The Balaban J connectivity index is 2.23. The van der Waals surface area contributed by atoms with Gasteiger partial charge in [0.2, 0.25) is 0 Å². The Kier molecular flexibility index (Phi) is 5.08. The summed E-state index contributed by atoms with van der Waals surface area (Å²) in [6.07, 6.45) is 5.45. The topological polar surface area (TPSA) is 55.1 Å². The Bertz CT molecular complexity index is 484. The zero-order valence-electron chi connectivity index (χ0n) is 12.2. The van der Waals surface area contributed by atoms with Gasteiger partial charge in [-0.1, -0.05) is 31.4 Å². The molecule has 0 aromatic carbocycles. The van der Waals surface area contributed by atoms with E-state index in [2.05, 4.69) is 5.10 Å². The Morgan fingerprint density at radius 1 is 1.40 bits per heavy atom. The Labute approximate surface area is 125 Å². The molecule has 4 nitrogen and oxygen atoms in total. The van der Waals surface area contributed by atoms with Gasteiger partial charge in [-0.15, -0.1) is 0 Å². The van der Waals surface area contributed by atoms with Crippen molar-refractivity contribution in [3.05, 3.63) is 16.4 Å². The first kappa shape index (κ1) is 15.4. The maximum absolute atomic E-state index is 11.4. The molecule has 0 aliphatic heterocycles. The molecule has 1 aliphatic rings. The summed E-state index contributed by atoms with van der Waals surface area (Å²) in [6, 6.07) is 0. The number of carbonyl (C=O) groups is 1. The van der Waals surface area contributed by atoms with Gasteiger partial charge in [0, 0.05) is 6.54 Å². The molecule has 0 saturated heterocycles. The predicted molar refractivity (Wildman–Crippen MR) is 79.1 cm³/mol. The second kappa shape index (κ2) is 6.61. The standard InChI is InChI=1S/C15H23ClN2O2/c1-3-12-14(16)13(18(4-2)17-12)9-10-7-5-6-8-11(10)15(19)20/h10-11H,3-9H2,1-2H3,(H,19,20). The molecule has 0 bridgehead atoms. The molecule has 1 aliphatic carbocycles. The number of aryl methyl sites for hydroxylation is 2. The van der Waals surface area contributed by atoms with Gasteiger partial charge in [-0.2, -0.15) is 5.10 Å². The smallest absolute Gasteiger partial charge is 0.306 e. The van der Waals surface area contributed by atoms with E-state index >= 15 is 0 Å². The quantitative estimate of drug-likeness (QED) is 0.904. The molecule has 1 aromatic rings. The highest BCUT2D eigenvalue weighted by atomic mass is 35.5. The van der Waals surface area contributed by atoms with Crippen LogP contribution in [0.25, 0.3) is 0 Å². The lowest BCUT2D eigenvalue weighted by Gasteiger charge is -2.28. The van der Waals surface area contributed by atoms with Crippen LogP contribution in [0.2, 0.25) is 5.02 Å². The van der Waals surface area contributed by atoms with Gasteiger partial charge in [-0.05, 0) is 38.5 Å². The molecule has 2 unspecified atom stereocenters. The van der Waals surface area contributed by atoms with Gasteiger partial charge in [0.05, 0.1) is 22.3 Å². The SMILES string of the molecule is CCc1nn(CC)c(CC2CCCCC2C(=O)O)c1Cl. The maximum Gasteiger partial charge on any atom is 0.306 e. The van der Waals surface area contributed by atoms with Crippen LogP contribution in [-0.4, -0.2) is 20.9 Å². The molecule has 20 heavy (non-hydrogen) atoms. The van der Waals surface area contributed by atoms with Crippen molar-refractivity contribution >= 4 is 17.6 Å². The Morgan fingerprint density at radius 3 is 2.70 bits per heavy atom. The lowest BCUT2D eigenvalue weighted by Crippen LogP contribution is -2.29. The second-order valence-corrected chi connectivity index (χ2v) is 5.95. The van der Waals surface area contributed by atoms with Crippen molar-refractivity contribution in [2.75, 3.05) is 0 Å². The number of carboxylic acid groups (broad SMARTS) is 1. The van der Waals surface area contributed by atoms with Crippen molar-refractivity contribution in [3.63, 3.8) is 0 Å². The van der Waals surface area contributed by atoms with E-state index in [0.29, 0.717) is 0 Å². The number of halogens is 1. The van der Waals surface area contributed by atoms with Gasteiger partial charge in [0.15, 0.2) is 0 Å². The summed E-state index contributed by atoms with van der Waals surface area (Å²) in [4.78, 5) is 11.4. The zero-order chi connectivity index (χ0) is 14.7. The highest BCUT2D eigenvalue weighted by Gasteiger charge is 2.32. The van der Waals surface area contributed by atoms with E-state index in [1.165, 1.54) is 0 Å². The number of carboxylic acids is 1. The normalized spacial score (nSPS) is 22.9. The minimum absolute atomic E-state index is 0.186. The van der Waals surface area contributed by atoms with Crippen molar-refractivity contribution in [1.29, 1.82) is 0 Å². The molecule has 112 valence electrons. The Hall–Kier alpha value is -1.03. The van der Waals surface area contributed by atoms with Crippen molar-refractivity contribution in [2.24, 2.45) is 11.8 Å². The van der Waals surface area contributed by atoms with Crippen LogP contribution in [-0.2, 0) is 24.2 Å². The summed E-state index contributed by atoms with van der Waals surface area (Å²) in [5.74, 6) is -0.709. The zero-order valence-corrected chi connectivity index (χ0v) is 13.0. The number of aliphatic carboxylic acids is 1. The largest absolute Gasteiger partial charge is 0.481 e. The molecule has 1 heterocycles. The van der Waals surface area contributed by atoms with E-state index in [1.807, 2.05) is 18.5 Å². The lowest BCUT2D eigenvalue weighted by molar-refractivity contribution is -0.144. The fourth-order valence-corrected chi connectivity index (χ4v) is 3.58. The van der Waals surface area contributed by atoms with E-state index in [9.17, 15) is 9.90 Å². The van der Waals surface area contributed by atoms with Crippen molar-refractivity contribution < 1.29 is 9.90 Å². The van der Waals surface area contributed by atoms with Crippen molar-refractivity contribution in [1.82, 2.24) is 9.78 Å². The van der Waals surface area contributed by atoms with Crippen LogP contribution < -0.4 is 0 Å². The van der Waals surface area contributed by atoms with Crippen molar-refractivity contribution in [2.45, 2.75) is 58.9 Å². The fraction of sp³-hybridized carbons (Fsp3) is 0.733. The number of hydrogen-bond donors (Lipinski definition) is 1.